The number of nitrogen functional groups attached to an aromatic ring is 1. The summed E-state index contributed by atoms with van der Waals surface area (Å²) in [4.78, 5) is 4.41. The van der Waals surface area contributed by atoms with Gasteiger partial charge in [-0.3, -0.25) is 0 Å². The summed E-state index contributed by atoms with van der Waals surface area (Å²) in [6.07, 6.45) is 0. The maximum atomic E-state index is 5.75. The minimum Gasteiger partial charge on any atom is -0.399 e. The lowest BCUT2D eigenvalue weighted by atomic mass is 10.2. The molecule has 0 spiro atoms. The number of anilines is 1. The number of benzene rings is 2. The van der Waals surface area contributed by atoms with Gasteiger partial charge in [0.15, 0.2) is 0 Å². The smallest absolute Gasteiger partial charge is 0.259 e. The third-order valence-electron chi connectivity index (χ3n) is 2.68. The molecule has 4 nitrogen and oxygen atoms in total. The Morgan fingerprint density at radius 2 is 1.89 bits per heavy atom. The number of halogens is 1. The fourth-order valence-corrected chi connectivity index (χ4v) is 2.38. The molecule has 3 aromatic rings. The van der Waals surface area contributed by atoms with Crippen molar-refractivity contribution in [3.05, 3.63) is 52.1 Å². The number of aromatic nitrogens is 2. The molecule has 0 atom stereocenters. The van der Waals surface area contributed by atoms with Crippen LogP contribution in [0.3, 0.4) is 0 Å². The maximum absolute atomic E-state index is 5.75. The molecule has 1 heterocycles. The third kappa shape index (κ3) is 2.46. The van der Waals surface area contributed by atoms with Gasteiger partial charge in [-0.05, 0) is 46.9 Å². The van der Waals surface area contributed by atoms with Crippen LogP contribution in [0.1, 0.15) is 0 Å². The summed E-state index contributed by atoms with van der Waals surface area (Å²) in [6.45, 7) is 0. The van der Waals surface area contributed by atoms with E-state index in [4.69, 9.17) is 10.3 Å². The van der Waals surface area contributed by atoms with Gasteiger partial charge in [0.1, 0.15) is 0 Å². The second-order valence-electron chi connectivity index (χ2n) is 4.03. The van der Waals surface area contributed by atoms with Crippen LogP contribution in [0.2, 0.25) is 0 Å². The van der Waals surface area contributed by atoms with Crippen LogP contribution in [0.25, 0.3) is 22.8 Å². The summed E-state index contributed by atoms with van der Waals surface area (Å²) in [5, 5.41) is 4.00. The normalized spacial score (nSPS) is 10.6. The van der Waals surface area contributed by atoms with E-state index in [9.17, 15) is 0 Å². The van der Waals surface area contributed by atoms with Gasteiger partial charge < -0.3 is 10.3 Å². The van der Waals surface area contributed by atoms with Crippen LogP contribution in [-0.4, -0.2) is 10.1 Å². The fourth-order valence-electron chi connectivity index (χ4n) is 1.76. The van der Waals surface area contributed by atoms with Crippen LogP contribution in [0, 0.1) is 3.57 Å². The zero-order chi connectivity index (χ0) is 13.2. The van der Waals surface area contributed by atoms with Gasteiger partial charge in [0.05, 0.1) is 5.56 Å². The summed E-state index contributed by atoms with van der Waals surface area (Å²) in [5.41, 5.74) is 8.21. The van der Waals surface area contributed by atoms with Gasteiger partial charge in [-0.2, -0.15) is 4.98 Å². The zero-order valence-corrected chi connectivity index (χ0v) is 12.0. The van der Waals surface area contributed by atoms with Gasteiger partial charge in [0.25, 0.3) is 5.89 Å². The molecule has 0 aliphatic heterocycles. The molecule has 0 aliphatic rings. The molecule has 0 unspecified atom stereocenters. The van der Waals surface area contributed by atoms with Crippen LogP contribution in [0.15, 0.2) is 53.1 Å². The first-order valence-corrected chi connectivity index (χ1v) is 6.76. The monoisotopic (exact) mass is 363 g/mol. The van der Waals surface area contributed by atoms with E-state index in [0.29, 0.717) is 17.4 Å². The highest BCUT2D eigenvalue weighted by Crippen LogP contribution is 2.26. The molecule has 2 N–H and O–H groups in total. The van der Waals surface area contributed by atoms with Crippen LogP contribution >= 0.6 is 22.6 Å². The van der Waals surface area contributed by atoms with Crippen molar-refractivity contribution in [2.75, 3.05) is 5.73 Å². The van der Waals surface area contributed by atoms with Crippen molar-refractivity contribution >= 4 is 28.3 Å². The van der Waals surface area contributed by atoms with E-state index >= 15 is 0 Å². The second kappa shape index (κ2) is 5.00. The van der Waals surface area contributed by atoms with Crippen molar-refractivity contribution in [2.45, 2.75) is 0 Å². The van der Waals surface area contributed by atoms with Crippen LogP contribution in [0.5, 0.6) is 0 Å². The Morgan fingerprint density at radius 3 is 2.68 bits per heavy atom. The van der Waals surface area contributed by atoms with E-state index < -0.39 is 0 Å². The molecule has 2 aromatic carbocycles. The van der Waals surface area contributed by atoms with Crippen LogP contribution in [-0.2, 0) is 0 Å². The predicted molar refractivity (Wildman–Crippen MR) is 82.3 cm³/mol. The first-order chi connectivity index (χ1) is 9.24. The number of nitrogens with two attached hydrogens (primary N) is 1. The summed E-state index contributed by atoms with van der Waals surface area (Å²) >= 11 is 2.25. The Morgan fingerprint density at radius 1 is 1.05 bits per heavy atom. The van der Waals surface area contributed by atoms with Gasteiger partial charge >= 0.3 is 0 Å². The van der Waals surface area contributed by atoms with Gasteiger partial charge in [0.2, 0.25) is 5.82 Å². The molecule has 0 aliphatic carbocycles. The van der Waals surface area contributed by atoms with E-state index in [1.54, 1.807) is 0 Å². The van der Waals surface area contributed by atoms with E-state index in [1.807, 2.05) is 48.5 Å². The molecule has 0 radical (unpaired) electrons. The van der Waals surface area contributed by atoms with Crippen LogP contribution in [0.4, 0.5) is 5.69 Å². The molecule has 3 rings (SSSR count). The number of hydrogen-bond donors (Lipinski definition) is 1. The average molecular weight is 363 g/mol. The molecule has 0 saturated carbocycles. The van der Waals surface area contributed by atoms with Crippen molar-refractivity contribution in [3.8, 4) is 22.8 Å². The van der Waals surface area contributed by atoms with E-state index in [1.165, 1.54) is 0 Å². The maximum Gasteiger partial charge on any atom is 0.259 e. The minimum atomic E-state index is 0.516. The van der Waals surface area contributed by atoms with Crippen molar-refractivity contribution in [1.82, 2.24) is 10.1 Å². The molecule has 0 bridgehead atoms. The van der Waals surface area contributed by atoms with Gasteiger partial charge in [-0.15, -0.1) is 0 Å². The van der Waals surface area contributed by atoms with E-state index in [-0.39, 0.29) is 0 Å². The van der Waals surface area contributed by atoms with Gasteiger partial charge in [-0.25, -0.2) is 0 Å². The van der Waals surface area contributed by atoms with Crippen molar-refractivity contribution in [1.29, 1.82) is 0 Å². The van der Waals surface area contributed by atoms with Crippen molar-refractivity contribution in [2.24, 2.45) is 0 Å². The van der Waals surface area contributed by atoms with Crippen LogP contribution < -0.4 is 5.73 Å². The van der Waals surface area contributed by atoms with Gasteiger partial charge in [0, 0.05) is 14.8 Å². The minimum absolute atomic E-state index is 0.516. The highest BCUT2D eigenvalue weighted by molar-refractivity contribution is 14.1. The summed E-state index contributed by atoms with van der Waals surface area (Å²) in [7, 11) is 0. The first kappa shape index (κ1) is 12.2. The number of rotatable bonds is 2. The molecule has 0 saturated heterocycles. The van der Waals surface area contributed by atoms with Crippen molar-refractivity contribution in [3.63, 3.8) is 0 Å². The Kier molecular flexibility index (Phi) is 3.20. The number of nitrogens with zero attached hydrogens (tertiary/aromatic N) is 2. The Bertz CT molecular complexity index is 724. The molecule has 1 aromatic heterocycles. The fraction of sp³-hybridized carbons (Fsp3) is 0. The second-order valence-corrected chi connectivity index (χ2v) is 5.19. The molecular weight excluding hydrogens is 353 g/mol. The highest BCUT2D eigenvalue weighted by atomic mass is 127. The molecule has 19 heavy (non-hydrogen) atoms. The first-order valence-electron chi connectivity index (χ1n) is 5.68. The SMILES string of the molecule is Nc1cccc(-c2noc(-c3ccccc3I)n2)c1. The summed E-state index contributed by atoms with van der Waals surface area (Å²) in [5.74, 6) is 1.06. The molecular formula is C14H10IN3O. The molecule has 5 heteroatoms. The summed E-state index contributed by atoms with van der Waals surface area (Å²) < 4.78 is 6.39. The Labute approximate surface area is 123 Å². The standard InChI is InChI=1S/C14H10IN3O/c15-12-7-2-1-6-11(12)14-17-13(18-19-14)9-4-3-5-10(16)8-9/h1-8H,16H2. The third-order valence-corrected chi connectivity index (χ3v) is 3.62. The van der Waals surface area contributed by atoms with Crippen molar-refractivity contribution < 1.29 is 4.52 Å². The molecule has 94 valence electrons. The lowest BCUT2D eigenvalue weighted by Gasteiger charge is -1.97. The van der Waals surface area contributed by atoms with Gasteiger partial charge in [-0.1, -0.05) is 29.4 Å². The summed E-state index contributed by atoms with van der Waals surface area (Å²) in [6, 6.07) is 15.3. The topological polar surface area (TPSA) is 64.9 Å². The zero-order valence-electron chi connectivity index (χ0n) is 9.88. The Balaban J connectivity index is 2.03. The lowest BCUT2D eigenvalue weighted by Crippen LogP contribution is -1.86. The number of hydrogen-bond acceptors (Lipinski definition) is 4. The molecule has 0 fully saturated rings. The largest absolute Gasteiger partial charge is 0.399 e. The molecule has 0 amide bonds. The van der Waals surface area contributed by atoms with E-state index in [2.05, 4.69) is 32.7 Å². The average Bonchev–Trinajstić information content (AvgIpc) is 2.89. The van der Waals surface area contributed by atoms with E-state index in [0.717, 1.165) is 14.7 Å². The lowest BCUT2D eigenvalue weighted by molar-refractivity contribution is 0.432. The quantitative estimate of drug-likeness (QED) is 0.558. The highest BCUT2D eigenvalue weighted by Gasteiger charge is 2.12. The Hall–Kier alpha value is -1.89. The predicted octanol–water partition coefficient (Wildman–Crippen LogP) is 3.59.